The summed E-state index contributed by atoms with van der Waals surface area (Å²) in [6.45, 7) is 7.96. The summed E-state index contributed by atoms with van der Waals surface area (Å²) >= 11 is 0. The summed E-state index contributed by atoms with van der Waals surface area (Å²) < 4.78 is 7.51. The molecule has 2 heterocycles. The second-order valence-electron chi connectivity index (χ2n) is 6.88. The van der Waals surface area contributed by atoms with Crippen LogP contribution in [0.1, 0.15) is 11.1 Å². The maximum Gasteiger partial charge on any atom is 0.119 e. The molecule has 6 heteroatoms. The van der Waals surface area contributed by atoms with Gasteiger partial charge in [0, 0.05) is 58.1 Å². The highest BCUT2D eigenvalue weighted by molar-refractivity contribution is 5.26. The Balaban J connectivity index is 1.35. The molecule has 1 aromatic carbocycles. The Hall–Kier alpha value is -1.89. The normalized spacial score (nSPS) is 17.6. The summed E-state index contributed by atoms with van der Waals surface area (Å²) in [6, 6.07) is 7.92. The Morgan fingerprint density at radius 2 is 1.80 bits per heavy atom. The number of rotatable bonds is 7. The van der Waals surface area contributed by atoms with E-state index in [0.717, 1.165) is 38.5 Å². The van der Waals surface area contributed by atoms with Gasteiger partial charge in [0.1, 0.15) is 18.5 Å². The average Bonchev–Trinajstić information content (AvgIpc) is 3.01. The van der Waals surface area contributed by atoms with Gasteiger partial charge in [0.2, 0.25) is 0 Å². The van der Waals surface area contributed by atoms with E-state index in [1.54, 1.807) is 0 Å². The van der Waals surface area contributed by atoms with Crippen LogP contribution in [0, 0.1) is 6.92 Å². The Morgan fingerprint density at radius 1 is 1.12 bits per heavy atom. The number of aliphatic hydroxyl groups excluding tert-OH is 1. The molecule has 0 bridgehead atoms. The first-order valence-electron chi connectivity index (χ1n) is 8.88. The highest BCUT2D eigenvalue weighted by Crippen LogP contribution is 2.12. The fraction of sp³-hybridized carbons (Fsp3) is 0.526. The molecule has 0 unspecified atom stereocenters. The topological polar surface area (TPSA) is 53.8 Å². The van der Waals surface area contributed by atoms with Crippen molar-refractivity contribution < 1.29 is 9.84 Å². The molecule has 0 radical (unpaired) electrons. The molecule has 25 heavy (non-hydrogen) atoms. The van der Waals surface area contributed by atoms with Crippen LogP contribution in [0.25, 0.3) is 0 Å². The van der Waals surface area contributed by atoms with Gasteiger partial charge in [-0.05, 0) is 19.1 Å². The van der Waals surface area contributed by atoms with Gasteiger partial charge < -0.3 is 9.84 Å². The quantitative estimate of drug-likeness (QED) is 0.820. The molecule has 1 fully saturated rings. The first-order valence-corrected chi connectivity index (χ1v) is 8.88. The number of aromatic nitrogens is 2. The molecule has 136 valence electrons. The van der Waals surface area contributed by atoms with E-state index in [2.05, 4.69) is 21.1 Å². The number of β-amino-alcohol motifs (C(OH)–C–C–N with tert-alkyl or cyclic N) is 1. The molecule has 1 aromatic heterocycles. The van der Waals surface area contributed by atoms with Gasteiger partial charge in [-0.3, -0.25) is 14.5 Å². The van der Waals surface area contributed by atoms with Crippen LogP contribution >= 0.6 is 0 Å². The lowest BCUT2D eigenvalue weighted by molar-refractivity contribution is 0.0446. The van der Waals surface area contributed by atoms with E-state index < -0.39 is 6.10 Å². The van der Waals surface area contributed by atoms with Gasteiger partial charge in [0.05, 0.1) is 6.20 Å². The Kier molecular flexibility index (Phi) is 6.07. The number of aliphatic hydroxyl groups is 1. The van der Waals surface area contributed by atoms with Crippen LogP contribution < -0.4 is 4.74 Å². The van der Waals surface area contributed by atoms with Gasteiger partial charge in [-0.2, -0.15) is 5.10 Å². The summed E-state index contributed by atoms with van der Waals surface area (Å²) in [5.74, 6) is 0.811. The summed E-state index contributed by atoms with van der Waals surface area (Å²) in [5.41, 5.74) is 2.46. The van der Waals surface area contributed by atoms with E-state index in [4.69, 9.17) is 4.74 Å². The SMILES string of the molecule is Cc1ccc(OC[C@@H](O)CN2CCN(Cc3cnn(C)c3)CC2)cc1. The van der Waals surface area contributed by atoms with Crippen molar-refractivity contribution in [2.75, 3.05) is 39.3 Å². The van der Waals surface area contributed by atoms with Crippen LogP contribution in [0.5, 0.6) is 5.75 Å². The van der Waals surface area contributed by atoms with Crippen molar-refractivity contribution in [1.82, 2.24) is 19.6 Å². The van der Waals surface area contributed by atoms with E-state index >= 15 is 0 Å². The number of ether oxygens (including phenoxy) is 1. The predicted octanol–water partition coefficient (Wildman–Crippen LogP) is 1.29. The highest BCUT2D eigenvalue weighted by atomic mass is 16.5. The van der Waals surface area contributed by atoms with E-state index in [9.17, 15) is 5.11 Å². The Labute approximate surface area is 149 Å². The minimum atomic E-state index is -0.467. The zero-order valence-electron chi connectivity index (χ0n) is 15.1. The minimum Gasteiger partial charge on any atom is -0.491 e. The van der Waals surface area contributed by atoms with Crippen LogP contribution in [0.4, 0.5) is 0 Å². The molecule has 0 spiro atoms. The largest absolute Gasteiger partial charge is 0.491 e. The fourth-order valence-corrected chi connectivity index (χ4v) is 3.12. The number of hydrogen-bond acceptors (Lipinski definition) is 5. The number of piperazine rings is 1. The molecule has 1 saturated heterocycles. The third-order valence-electron chi connectivity index (χ3n) is 4.56. The second kappa shape index (κ2) is 8.47. The zero-order valence-corrected chi connectivity index (χ0v) is 15.1. The molecule has 0 amide bonds. The molecule has 2 aromatic rings. The van der Waals surface area contributed by atoms with Crippen molar-refractivity contribution in [2.24, 2.45) is 7.05 Å². The maximum atomic E-state index is 10.2. The zero-order chi connectivity index (χ0) is 17.6. The van der Waals surface area contributed by atoms with Crippen molar-refractivity contribution in [1.29, 1.82) is 0 Å². The summed E-state index contributed by atoms with van der Waals surface area (Å²) in [4.78, 5) is 4.74. The van der Waals surface area contributed by atoms with Crippen molar-refractivity contribution in [3.63, 3.8) is 0 Å². The van der Waals surface area contributed by atoms with Crippen molar-refractivity contribution >= 4 is 0 Å². The summed E-state index contributed by atoms with van der Waals surface area (Å²) in [7, 11) is 1.95. The van der Waals surface area contributed by atoms with E-state index in [0.29, 0.717) is 13.2 Å². The molecule has 1 aliphatic rings. The molecule has 1 aliphatic heterocycles. The average molecular weight is 344 g/mol. The lowest BCUT2D eigenvalue weighted by Gasteiger charge is -2.35. The van der Waals surface area contributed by atoms with Gasteiger partial charge in [-0.1, -0.05) is 17.7 Å². The number of benzene rings is 1. The lowest BCUT2D eigenvalue weighted by atomic mass is 10.2. The second-order valence-corrected chi connectivity index (χ2v) is 6.88. The van der Waals surface area contributed by atoms with Crippen molar-refractivity contribution in [3.8, 4) is 5.75 Å². The van der Waals surface area contributed by atoms with E-state index in [1.807, 2.05) is 49.1 Å². The third kappa shape index (κ3) is 5.56. The Morgan fingerprint density at radius 3 is 2.44 bits per heavy atom. The first kappa shape index (κ1) is 17.9. The van der Waals surface area contributed by atoms with Gasteiger partial charge in [-0.15, -0.1) is 0 Å². The molecule has 1 atom stereocenters. The minimum absolute atomic E-state index is 0.332. The summed E-state index contributed by atoms with van der Waals surface area (Å²) in [5, 5.41) is 14.4. The van der Waals surface area contributed by atoms with Crippen LogP contribution in [-0.4, -0.2) is 70.1 Å². The van der Waals surface area contributed by atoms with Gasteiger partial charge in [0.25, 0.3) is 0 Å². The molecule has 3 rings (SSSR count). The van der Waals surface area contributed by atoms with Crippen LogP contribution in [0.2, 0.25) is 0 Å². The van der Waals surface area contributed by atoms with Gasteiger partial charge in [-0.25, -0.2) is 0 Å². The van der Waals surface area contributed by atoms with E-state index in [1.165, 1.54) is 11.1 Å². The van der Waals surface area contributed by atoms with Gasteiger partial charge >= 0.3 is 0 Å². The molecule has 0 saturated carbocycles. The highest BCUT2D eigenvalue weighted by Gasteiger charge is 2.19. The smallest absolute Gasteiger partial charge is 0.119 e. The first-order chi connectivity index (χ1) is 12.1. The monoisotopic (exact) mass is 344 g/mol. The van der Waals surface area contributed by atoms with Crippen LogP contribution in [-0.2, 0) is 13.6 Å². The molecule has 0 aliphatic carbocycles. The molecular formula is C19H28N4O2. The predicted molar refractivity (Wildman–Crippen MR) is 97.6 cm³/mol. The third-order valence-corrected chi connectivity index (χ3v) is 4.56. The number of hydrogen-bond donors (Lipinski definition) is 1. The van der Waals surface area contributed by atoms with Crippen LogP contribution in [0.3, 0.4) is 0 Å². The van der Waals surface area contributed by atoms with Crippen molar-refractivity contribution in [2.45, 2.75) is 19.6 Å². The van der Waals surface area contributed by atoms with E-state index in [-0.39, 0.29) is 0 Å². The molecular weight excluding hydrogens is 316 g/mol. The number of aryl methyl sites for hydroxylation is 2. The maximum absolute atomic E-state index is 10.2. The Bertz CT molecular complexity index is 648. The van der Waals surface area contributed by atoms with Gasteiger partial charge in [0.15, 0.2) is 0 Å². The lowest BCUT2D eigenvalue weighted by Crippen LogP contribution is -2.48. The molecule has 6 nitrogen and oxygen atoms in total. The van der Waals surface area contributed by atoms with Crippen molar-refractivity contribution in [3.05, 3.63) is 47.8 Å². The van der Waals surface area contributed by atoms with Crippen LogP contribution in [0.15, 0.2) is 36.7 Å². The molecule has 1 N–H and O–H groups in total. The fourth-order valence-electron chi connectivity index (χ4n) is 3.12. The number of nitrogens with zero attached hydrogens (tertiary/aromatic N) is 4. The summed E-state index contributed by atoms with van der Waals surface area (Å²) in [6.07, 6.45) is 3.53. The standard InChI is InChI=1S/C19H28N4O2/c1-16-3-5-19(6-4-16)25-15-18(24)14-23-9-7-22(8-10-23)13-17-11-20-21(2)12-17/h3-6,11-12,18,24H,7-10,13-15H2,1-2H3/t18-/m0/s1.